The summed E-state index contributed by atoms with van der Waals surface area (Å²) in [7, 11) is 0. The fraction of sp³-hybridized carbons (Fsp3) is 0.522. The number of halogens is 1. The van der Waals surface area contributed by atoms with Crippen LogP contribution in [0.4, 0.5) is 14.9 Å². The molecule has 2 aliphatic rings. The topological polar surface area (TPSA) is 90.5 Å². The Hall–Kier alpha value is -2.90. The van der Waals surface area contributed by atoms with Crippen molar-refractivity contribution in [2.45, 2.75) is 44.9 Å². The van der Waals surface area contributed by atoms with Crippen LogP contribution in [0.3, 0.4) is 0 Å². The Morgan fingerprint density at radius 2 is 1.71 bits per heavy atom. The summed E-state index contributed by atoms with van der Waals surface area (Å²) in [5, 5.41) is 8.15. The van der Waals surface area contributed by atoms with Crippen molar-refractivity contribution in [3.8, 4) is 0 Å². The first kappa shape index (κ1) is 22.8. The van der Waals surface area contributed by atoms with Gasteiger partial charge in [0.15, 0.2) is 0 Å². The first-order chi connectivity index (χ1) is 15.0. The molecule has 0 bridgehead atoms. The lowest BCUT2D eigenvalue weighted by molar-refractivity contribution is -0.139. The van der Waals surface area contributed by atoms with Crippen molar-refractivity contribution in [2.24, 2.45) is 5.92 Å². The summed E-state index contributed by atoms with van der Waals surface area (Å²) in [5.41, 5.74) is 1.91. The van der Waals surface area contributed by atoms with E-state index in [0.29, 0.717) is 31.9 Å². The van der Waals surface area contributed by atoms with E-state index in [1.807, 2.05) is 0 Å². The van der Waals surface area contributed by atoms with Gasteiger partial charge in [-0.05, 0) is 75.1 Å². The molecule has 31 heavy (non-hydrogen) atoms. The summed E-state index contributed by atoms with van der Waals surface area (Å²) >= 11 is 0. The molecule has 3 N–H and O–H groups in total. The van der Waals surface area contributed by atoms with Gasteiger partial charge in [0.25, 0.3) is 0 Å². The molecule has 4 amide bonds. The van der Waals surface area contributed by atoms with Crippen molar-refractivity contribution in [3.05, 3.63) is 41.7 Å². The quantitative estimate of drug-likeness (QED) is 0.478. The molecule has 0 saturated carbocycles. The van der Waals surface area contributed by atoms with Crippen LogP contribution in [-0.4, -0.2) is 48.9 Å². The third-order valence-electron chi connectivity index (χ3n) is 5.87. The predicted molar refractivity (Wildman–Crippen MR) is 117 cm³/mol. The second-order valence-electron chi connectivity index (χ2n) is 8.19. The standard InChI is InChI=1S/C23H31FN4O3/c24-19-6-8-20(9-7-19)27-23(31)28-14-11-18(12-15-28)16-26-22(30)21(29)25-13-10-17-4-2-1-3-5-17/h4,6-9,18H,1-3,5,10-16H2,(H,25,29)(H,26,30)(H,27,31). The Kier molecular flexibility index (Phi) is 8.44. The number of urea groups is 1. The highest BCUT2D eigenvalue weighted by molar-refractivity contribution is 6.35. The normalized spacial score (nSPS) is 16.9. The number of amides is 4. The Morgan fingerprint density at radius 1 is 1.00 bits per heavy atom. The largest absolute Gasteiger partial charge is 0.348 e. The molecule has 1 aromatic carbocycles. The lowest BCUT2D eigenvalue weighted by Crippen LogP contribution is -2.45. The Morgan fingerprint density at radius 3 is 2.39 bits per heavy atom. The number of allylic oxidation sites excluding steroid dienone is 1. The summed E-state index contributed by atoms with van der Waals surface area (Å²) in [4.78, 5) is 38.0. The van der Waals surface area contributed by atoms with Gasteiger partial charge in [-0.1, -0.05) is 11.6 Å². The summed E-state index contributed by atoms with van der Waals surface area (Å²) in [5.74, 6) is -1.32. The number of anilines is 1. The van der Waals surface area contributed by atoms with Crippen molar-refractivity contribution in [3.63, 3.8) is 0 Å². The lowest BCUT2D eigenvalue weighted by atomic mass is 9.97. The molecule has 168 valence electrons. The van der Waals surface area contributed by atoms with E-state index in [4.69, 9.17) is 0 Å². The first-order valence-electron chi connectivity index (χ1n) is 11.1. The lowest BCUT2D eigenvalue weighted by Gasteiger charge is -2.32. The maximum Gasteiger partial charge on any atom is 0.321 e. The number of rotatable bonds is 6. The van der Waals surface area contributed by atoms with Gasteiger partial charge in [0.1, 0.15) is 5.82 Å². The van der Waals surface area contributed by atoms with Crippen molar-refractivity contribution in [1.29, 1.82) is 0 Å². The molecule has 1 aliphatic heterocycles. The Balaban J connectivity index is 1.30. The highest BCUT2D eigenvalue weighted by atomic mass is 19.1. The number of hydrogen-bond donors (Lipinski definition) is 3. The molecule has 3 rings (SSSR count). The number of benzene rings is 1. The van der Waals surface area contributed by atoms with Crippen molar-refractivity contribution in [1.82, 2.24) is 15.5 Å². The monoisotopic (exact) mass is 430 g/mol. The number of likely N-dealkylation sites (tertiary alicyclic amines) is 1. The number of hydrogen-bond acceptors (Lipinski definition) is 3. The van der Waals surface area contributed by atoms with E-state index in [-0.39, 0.29) is 17.8 Å². The van der Waals surface area contributed by atoms with Crippen LogP contribution in [-0.2, 0) is 9.59 Å². The second kappa shape index (κ2) is 11.5. The van der Waals surface area contributed by atoms with E-state index in [0.717, 1.165) is 32.1 Å². The van der Waals surface area contributed by atoms with Crippen molar-refractivity contribution >= 4 is 23.5 Å². The van der Waals surface area contributed by atoms with Gasteiger partial charge < -0.3 is 20.9 Å². The molecule has 1 heterocycles. The molecule has 0 radical (unpaired) electrons. The summed E-state index contributed by atoms with van der Waals surface area (Å²) in [6, 6.07) is 5.42. The van der Waals surface area contributed by atoms with Crippen LogP contribution in [0.1, 0.15) is 44.9 Å². The number of carbonyl (C=O) groups excluding carboxylic acids is 3. The third-order valence-corrected chi connectivity index (χ3v) is 5.87. The van der Waals surface area contributed by atoms with E-state index in [9.17, 15) is 18.8 Å². The van der Waals surface area contributed by atoms with Gasteiger partial charge in [-0.3, -0.25) is 9.59 Å². The summed E-state index contributed by atoms with van der Waals surface area (Å²) in [6.45, 7) is 2.04. The fourth-order valence-corrected chi connectivity index (χ4v) is 3.94. The van der Waals surface area contributed by atoms with Gasteiger partial charge in [0, 0.05) is 31.9 Å². The van der Waals surface area contributed by atoms with Crippen LogP contribution in [0.25, 0.3) is 0 Å². The molecule has 0 atom stereocenters. The number of piperidine rings is 1. The average molecular weight is 431 g/mol. The minimum absolute atomic E-state index is 0.221. The van der Waals surface area contributed by atoms with Crippen LogP contribution < -0.4 is 16.0 Å². The maximum absolute atomic E-state index is 13.0. The van der Waals surface area contributed by atoms with E-state index in [2.05, 4.69) is 22.0 Å². The Labute approximate surface area is 182 Å². The van der Waals surface area contributed by atoms with Crippen molar-refractivity contribution in [2.75, 3.05) is 31.5 Å². The third kappa shape index (κ3) is 7.38. The molecular weight excluding hydrogens is 399 g/mol. The fourth-order valence-electron chi connectivity index (χ4n) is 3.94. The molecule has 0 unspecified atom stereocenters. The highest BCUT2D eigenvalue weighted by Crippen LogP contribution is 2.20. The highest BCUT2D eigenvalue weighted by Gasteiger charge is 2.24. The van der Waals surface area contributed by atoms with Gasteiger partial charge >= 0.3 is 17.8 Å². The zero-order valence-corrected chi connectivity index (χ0v) is 17.8. The Bertz CT molecular complexity index is 802. The zero-order chi connectivity index (χ0) is 22.1. The van der Waals surface area contributed by atoms with Crippen LogP contribution >= 0.6 is 0 Å². The number of nitrogens with zero attached hydrogens (tertiary/aromatic N) is 1. The van der Waals surface area contributed by atoms with Gasteiger partial charge in [-0.15, -0.1) is 0 Å². The van der Waals surface area contributed by atoms with Crippen LogP contribution in [0.2, 0.25) is 0 Å². The van der Waals surface area contributed by atoms with Crippen molar-refractivity contribution < 1.29 is 18.8 Å². The van der Waals surface area contributed by atoms with Crippen LogP contribution in [0.5, 0.6) is 0 Å². The molecule has 1 saturated heterocycles. The first-order valence-corrected chi connectivity index (χ1v) is 11.1. The average Bonchev–Trinajstić information content (AvgIpc) is 2.80. The molecule has 0 aromatic heterocycles. The summed E-state index contributed by atoms with van der Waals surface area (Å²) < 4.78 is 13.0. The molecule has 1 fully saturated rings. The molecule has 1 aliphatic carbocycles. The van der Waals surface area contributed by atoms with Crippen LogP contribution in [0, 0.1) is 11.7 Å². The molecule has 0 spiro atoms. The van der Waals surface area contributed by atoms with Crippen LogP contribution in [0.15, 0.2) is 35.9 Å². The number of nitrogens with one attached hydrogen (secondary N) is 3. The van der Waals surface area contributed by atoms with E-state index in [1.54, 1.807) is 4.90 Å². The predicted octanol–water partition coefficient (Wildman–Crippen LogP) is 3.19. The second-order valence-corrected chi connectivity index (χ2v) is 8.19. The smallest absolute Gasteiger partial charge is 0.321 e. The molecule has 1 aromatic rings. The van der Waals surface area contributed by atoms with Gasteiger partial charge in [0.2, 0.25) is 0 Å². The van der Waals surface area contributed by atoms with E-state index < -0.39 is 11.8 Å². The molecule has 7 nitrogen and oxygen atoms in total. The SMILES string of the molecule is O=C(NCCC1=CCCCC1)C(=O)NCC1CCN(C(=O)Nc2ccc(F)cc2)CC1. The number of carbonyl (C=O) groups is 3. The van der Waals surface area contributed by atoms with E-state index >= 15 is 0 Å². The summed E-state index contributed by atoms with van der Waals surface area (Å²) in [6.07, 6.45) is 9.15. The minimum atomic E-state index is -0.603. The molecule has 8 heteroatoms. The maximum atomic E-state index is 13.0. The van der Waals surface area contributed by atoms with E-state index in [1.165, 1.54) is 42.7 Å². The molecular formula is C23H31FN4O3. The van der Waals surface area contributed by atoms with Gasteiger partial charge in [-0.25, -0.2) is 9.18 Å². The minimum Gasteiger partial charge on any atom is -0.348 e. The van der Waals surface area contributed by atoms with Gasteiger partial charge in [0.05, 0.1) is 0 Å². The van der Waals surface area contributed by atoms with Gasteiger partial charge in [-0.2, -0.15) is 0 Å². The zero-order valence-electron chi connectivity index (χ0n) is 17.8.